The van der Waals surface area contributed by atoms with E-state index in [9.17, 15) is 9.59 Å². The van der Waals surface area contributed by atoms with E-state index >= 15 is 0 Å². The zero-order valence-corrected chi connectivity index (χ0v) is 29.1. The van der Waals surface area contributed by atoms with Crippen molar-refractivity contribution in [1.82, 2.24) is 20.2 Å². The topological polar surface area (TPSA) is 65.1 Å². The maximum Gasteiger partial charge on any atom is 0.255 e. The van der Waals surface area contributed by atoms with E-state index in [0.29, 0.717) is 31.3 Å². The maximum atomic E-state index is 13.2. The van der Waals surface area contributed by atoms with Gasteiger partial charge in [0.05, 0.1) is 6.17 Å². The van der Waals surface area contributed by atoms with E-state index in [1.165, 1.54) is 0 Å². The summed E-state index contributed by atoms with van der Waals surface area (Å²) in [6.45, 7) is 18.7. The molecule has 7 nitrogen and oxygen atoms in total. The quantitative estimate of drug-likeness (QED) is 0.381. The van der Waals surface area contributed by atoms with Crippen LogP contribution in [0.1, 0.15) is 69.2 Å². The summed E-state index contributed by atoms with van der Waals surface area (Å²) in [6, 6.07) is 0.141. The molecule has 1 N–H and O–H groups in total. The predicted octanol–water partition coefficient (Wildman–Crippen LogP) is 3.12. The van der Waals surface area contributed by atoms with Crippen LogP contribution in [0, 0.1) is 80.6 Å². The molecule has 2 amide bonds. The molecule has 180 valence electrons. The van der Waals surface area contributed by atoms with Crippen LogP contribution in [0.4, 0.5) is 0 Å². The van der Waals surface area contributed by atoms with Gasteiger partial charge in [0.1, 0.15) is 0 Å². The fourth-order valence-electron chi connectivity index (χ4n) is 4.09. The first-order valence-corrected chi connectivity index (χ1v) is 11.3. The number of amides is 2. The van der Waals surface area contributed by atoms with E-state index < -0.39 is 6.10 Å². The zero-order valence-electron chi connectivity index (χ0n) is 20.8. The number of carbonyl (C=O) groups excluding carboxylic acids is 2. The molecule has 9 heteroatoms. The first kappa shape index (κ1) is 34.1. The van der Waals surface area contributed by atoms with Crippen molar-refractivity contribution in [2.24, 2.45) is 11.8 Å². The number of hydroxylamine groups is 2. The molecule has 2 saturated heterocycles. The van der Waals surface area contributed by atoms with E-state index in [1.54, 1.807) is 7.05 Å². The molecule has 0 bridgehead atoms. The Labute approximate surface area is 239 Å². The molecule has 1 unspecified atom stereocenters. The molecule has 2 fully saturated rings. The van der Waals surface area contributed by atoms with Crippen LogP contribution in [0.25, 0.3) is 0 Å². The Bertz CT molecular complexity index is 529. The Morgan fingerprint density at radius 2 is 1.74 bits per heavy atom. The van der Waals surface area contributed by atoms with Gasteiger partial charge < -0.3 is 20.1 Å². The van der Waals surface area contributed by atoms with Crippen LogP contribution in [0.3, 0.4) is 0 Å². The van der Waals surface area contributed by atoms with Crippen molar-refractivity contribution in [3.05, 3.63) is 6.54 Å². The van der Waals surface area contributed by atoms with Crippen molar-refractivity contribution >= 4 is 11.8 Å². The number of hydrogen-bond acceptors (Lipinski definition) is 5. The molecule has 0 radical (unpaired) electrons. The second-order valence-electron chi connectivity index (χ2n) is 8.53. The molecule has 2 aliphatic rings. The van der Waals surface area contributed by atoms with Crippen molar-refractivity contribution < 1.29 is 78.1 Å². The van der Waals surface area contributed by atoms with Crippen LogP contribution in [-0.4, -0.2) is 71.7 Å². The summed E-state index contributed by atoms with van der Waals surface area (Å²) in [5, 5.41) is 4.54. The maximum absolute atomic E-state index is 13.2. The fourth-order valence-corrected chi connectivity index (χ4v) is 4.09. The number of rotatable bonds is 8. The van der Waals surface area contributed by atoms with Gasteiger partial charge in [0.2, 0.25) is 5.91 Å². The third kappa shape index (κ3) is 10.4. The molecular weight excluding hydrogens is 844 g/mol. The number of nitrogens with one attached hydrogen (secondary N) is 1. The monoisotopic (exact) mass is 889 g/mol. The largest absolute Gasteiger partial charge is 0.359 e. The van der Waals surface area contributed by atoms with E-state index in [4.69, 9.17) is 4.84 Å². The fraction of sp³-hybridized carbons (Fsp3) is 0.864. The standard InChI is InChI=1S/C20H37N4O3.C2H6.2U.H2/c1-7-23-19-13-22(9-8-18(25)21-6)12-16(10-14(2)3)24(19)20(26)17(27-23)11-15(4)5;1-2;;;/h7,14-17,19H,8-13H2,1-6H3,(H,21,25);1-2H3;;;1H/q-1;;;;/t16-,17+,19?;;;;/m0..../s1. The van der Waals surface area contributed by atoms with Crippen LogP contribution >= 0.6 is 0 Å². The van der Waals surface area contributed by atoms with Gasteiger partial charge in [0.25, 0.3) is 5.91 Å². The average molecular weight is 890 g/mol. The van der Waals surface area contributed by atoms with Crippen molar-refractivity contribution in [2.45, 2.75) is 86.0 Å². The Kier molecular flexibility index (Phi) is 19.1. The molecular formula is C22H45N4O3U2-. The third-order valence-electron chi connectivity index (χ3n) is 5.29. The minimum Gasteiger partial charge on any atom is -0.359 e. The van der Waals surface area contributed by atoms with Crippen molar-refractivity contribution in [2.75, 3.05) is 26.7 Å². The molecule has 0 saturated carbocycles. The van der Waals surface area contributed by atoms with Crippen LogP contribution < -0.4 is 5.32 Å². The van der Waals surface area contributed by atoms with E-state index in [2.05, 4.69) is 42.8 Å². The summed E-state index contributed by atoms with van der Waals surface area (Å²) in [7, 11) is 1.66. The number of nitrogens with zero attached hydrogens (tertiary/aromatic N) is 3. The number of hydrogen-bond donors (Lipinski definition) is 1. The summed E-state index contributed by atoms with van der Waals surface area (Å²) in [4.78, 5) is 35.3. The zero-order chi connectivity index (χ0) is 22.1. The van der Waals surface area contributed by atoms with Crippen LogP contribution in [0.15, 0.2) is 0 Å². The van der Waals surface area contributed by atoms with Gasteiger partial charge in [-0.3, -0.25) is 14.5 Å². The second-order valence-corrected chi connectivity index (χ2v) is 8.53. The minimum atomic E-state index is -0.412. The smallest absolute Gasteiger partial charge is 0.255 e. The van der Waals surface area contributed by atoms with Gasteiger partial charge in [-0.05, 0) is 24.7 Å². The molecule has 0 aromatic carbocycles. The van der Waals surface area contributed by atoms with Gasteiger partial charge in [-0.15, -0.1) is 0 Å². The Morgan fingerprint density at radius 3 is 2.23 bits per heavy atom. The van der Waals surface area contributed by atoms with E-state index in [0.717, 1.165) is 19.4 Å². The summed E-state index contributed by atoms with van der Waals surface area (Å²) in [5.74, 6) is 1.05. The molecule has 3 atom stereocenters. The molecule has 31 heavy (non-hydrogen) atoms. The summed E-state index contributed by atoms with van der Waals surface area (Å²) in [6.07, 6.45) is 1.60. The molecule has 0 aromatic heterocycles. The van der Waals surface area contributed by atoms with E-state index in [1.807, 2.05) is 32.4 Å². The normalized spacial score (nSPS) is 24.0. The molecule has 0 spiro atoms. The number of fused-ring (bicyclic) bond motifs is 1. The van der Waals surface area contributed by atoms with Crippen molar-refractivity contribution in [1.29, 1.82) is 0 Å². The van der Waals surface area contributed by atoms with Gasteiger partial charge in [-0.25, -0.2) is 6.54 Å². The average Bonchev–Trinajstić information content (AvgIpc) is 2.68. The summed E-state index contributed by atoms with van der Waals surface area (Å²) in [5.41, 5.74) is 0. The predicted molar refractivity (Wildman–Crippen MR) is 119 cm³/mol. The van der Waals surface area contributed by atoms with Gasteiger partial charge in [-0.1, -0.05) is 41.5 Å². The van der Waals surface area contributed by atoms with Crippen molar-refractivity contribution in [3.8, 4) is 0 Å². The number of piperazine rings is 1. The first-order valence-electron chi connectivity index (χ1n) is 11.3. The molecule has 2 heterocycles. The van der Waals surface area contributed by atoms with Gasteiger partial charge in [0, 0.05) is 103 Å². The van der Waals surface area contributed by atoms with Crippen LogP contribution in [0.2, 0.25) is 0 Å². The second kappa shape index (κ2) is 17.4. The number of carbonyl (C=O) groups is 2. The molecule has 2 rings (SSSR count). The summed E-state index contributed by atoms with van der Waals surface area (Å²) >= 11 is 0. The van der Waals surface area contributed by atoms with Crippen LogP contribution in [0.5, 0.6) is 0 Å². The summed E-state index contributed by atoms with van der Waals surface area (Å²) < 4.78 is 0. The van der Waals surface area contributed by atoms with Crippen molar-refractivity contribution in [3.63, 3.8) is 0 Å². The van der Waals surface area contributed by atoms with E-state index in [-0.39, 0.29) is 87.7 Å². The van der Waals surface area contributed by atoms with Gasteiger partial charge >= 0.3 is 0 Å². The molecule has 2 aliphatic heterocycles. The molecule has 0 aliphatic carbocycles. The SMILES string of the molecule is CC.C[CH-]N1O[C@H](CC(C)C)C(=O)N2C1CN(CCC(=O)NC)C[C@@H]2CC(C)C.[HH].[U].[U]. The molecule has 0 aromatic rings. The third-order valence-corrected chi connectivity index (χ3v) is 5.29. The van der Waals surface area contributed by atoms with Gasteiger partial charge in [-0.2, -0.15) is 6.92 Å². The first-order chi connectivity index (χ1) is 13.8. The minimum absolute atomic E-state index is 0. The van der Waals surface area contributed by atoms with Crippen LogP contribution in [-0.2, 0) is 14.4 Å². The Hall–Kier alpha value is 0.924. The van der Waals surface area contributed by atoms with Gasteiger partial charge in [0.15, 0.2) is 6.10 Å². The Morgan fingerprint density at radius 1 is 1.16 bits per heavy atom. The Balaban J connectivity index is -0.00000163.